The summed E-state index contributed by atoms with van der Waals surface area (Å²) in [5, 5.41) is 2.79. The van der Waals surface area contributed by atoms with Crippen molar-refractivity contribution in [1.82, 2.24) is 10.0 Å². The summed E-state index contributed by atoms with van der Waals surface area (Å²) in [5.41, 5.74) is 0.435. The third kappa shape index (κ3) is 5.20. The minimum Gasteiger partial charge on any atom is -0.312 e. The maximum atomic E-state index is 12.8. The predicted octanol–water partition coefficient (Wildman–Crippen LogP) is 0.604. The van der Waals surface area contributed by atoms with Crippen LogP contribution in [0.3, 0.4) is 0 Å². The number of halogens is 2. The van der Waals surface area contributed by atoms with Crippen LogP contribution in [0, 0.1) is 11.6 Å². The van der Waals surface area contributed by atoms with Gasteiger partial charge in [0.2, 0.25) is 10.0 Å². The van der Waals surface area contributed by atoms with E-state index in [0.717, 1.165) is 6.07 Å². The van der Waals surface area contributed by atoms with Crippen LogP contribution in [-0.2, 0) is 16.6 Å². The number of nitrogens with one attached hydrogen (secondary N) is 2. The van der Waals surface area contributed by atoms with Crippen molar-refractivity contribution in [3.8, 4) is 0 Å². The first-order valence-corrected chi connectivity index (χ1v) is 6.65. The van der Waals surface area contributed by atoms with Gasteiger partial charge in [0.1, 0.15) is 11.6 Å². The summed E-state index contributed by atoms with van der Waals surface area (Å²) in [5.74, 6) is -1.38. The first-order chi connectivity index (χ1) is 7.93. The summed E-state index contributed by atoms with van der Waals surface area (Å²) < 4.78 is 49.9. The first kappa shape index (κ1) is 14.0. The quantitative estimate of drug-likeness (QED) is 0.740. The van der Waals surface area contributed by atoms with Crippen molar-refractivity contribution in [2.45, 2.75) is 6.54 Å². The van der Waals surface area contributed by atoms with Crippen LogP contribution >= 0.6 is 0 Å². The van der Waals surface area contributed by atoms with E-state index in [1.54, 1.807) is 0 Å². The molecule has 0 aliphatic heterocycles. The summed E-state index contributed by atoms with van der Waals surface area (Å²) in [7, 11) is -1.92. The van der Waals surface area contributed by atoms with Gasteiger partial charge in [-0.05, 0) is 24.7 Å². The van der Waals surface area contributed by atoms with Gasteiger partial charge in [0, 0.05) is 19.2 Å². The van der Waals surface area contributed by atoms with Gasteiger partial charge in [-0.3, -0.25) is 0 Å². The summed E-state index contributed by atoms with van der Waals surface area (Å²) in [6, 6.07) is 3.18. The normalized spacial score (nSPS) is 11.7. The third-order valence-electron chi connectivity index (χ3n) is 2.11. The fourth-order valence-electron chi connectivity index (χ4n) is 1.25. The molecule has 0 bridgehead atoms. The second-order valence-corrected chi connectivity index (χ2v) is 5.52. The molecule has 1 rings (SSSR count). The van der Waals surface area contributed by atoms with E-state index >= 15 is 0 Å². The fraction of sp³-hybridized carbons (Fsp3) is 0.400. The fourth-order valence-corrected chi connectivity index (χ4v) is 1.87. The maximum absolute atomic E-state index is 12.8. The average molecular weight is 264 g/mol. The molecule has 0 unspecified atom stereocenters. The monoisotopic (exact) mass is 264 g/mol. The molecule has 0 atom stereocenters. The molecule has 0 amide bonds. The lowest BCUT2D eigenvalue weighted by Gasteiger charge is -2.05. The molecule has 0 radical (unpaired) electrons. The minimum atomic E-state index is -3.25. The zero-order chi connectivity index (χ0) is 12.9. The lowest BCUT2D eigenvalue weighted by atomic mass is 10.2. The van der Waals surface area contributed by atoms with E-state index in [9.17, 15) is 17.2 Å². The van der Waals surface area contributed by atoms with E-state index in [1.807, 2.05) is 0 Å². The van der Waals surface area contributed by atoms with E-state index in [2.05, 4.69) is 10.0 Å². The number of sulfonamides is 1. The van der Waals surface area contributed by atoms with Crippen LogP contribution in [0.1, 0.15) is 5.56 Å². The lowest BCUT2D eigenvalue weighted by molar-refractivity contribution is 0.572. The van der Waals surface area contributed by atoms with Crippen LogP contribution in [0.15, 0.2) is 18.2 Å². The Labute approximate surface area is 99.1 Å². The van der Waals surface area contributed by atoms with Crippen LogP contribution in [0.2, 0.25) is 0 Å². The molecule has 0 aliphatic carbocycles. The molecular formula is C10H14F2N2O2S. The van der Waals surface area contributed by atoms with E-state index in [4.69, 9.17) is 0 Å². The summed E-state index contributed by atoms with van der Waals surface area (Å²) in [6.45, 7) is 0.426. The van der Waals surface area contributed by atoms with E-state index in [1.165, 1.54) is 19.2 Å². The Morgan fingerprint density at radius 1 is 1.18 bits per heavy atom. The van der Waals surface area contributed by atoms with Gasteiger partial charge in [-0.1, -0.05) is 0 Å². The van der Waals surface area contributed by atoms with Gasteiger partial charge >= 0.3 is 0 Å². The Morgan fingerprint density at radius 2 is 1.76 bits per heavy atom. The van der Waals surface area contributed by atoms with Crippen molar-refractivity contribution in [1.29, 1.82) is 0 Å². The Kier molecular flexibility index (Phi) is 4.98. The predicted molar refractivity (Wildman–Crippen MR) is 60.9 cm³/mol. The van der Waals surface area contributed by atoms with Crippen LogP contribution < -0.4 is 10.0 Å². The molecule has 0 heterocycles. The van der Waals surface area contributed by atoms with E-state index in [0.29, 0.717) is 5.56 Å². The molecule has 1 aromatic rings. The molecule has 96 valence electrons. The highest BCUT2D eigenvalue weighted by Crippen LogP contribution is 2.07. The Hall–Kier alpha value is -1.05. The second-order valence-electron chi connectivity index (χ2n) is 3.48. The number of hydrogen-bond donors (Lipinski definition) is 2. The van der Waals surface area contributed by atoms with Crippen molar-refractivity contribution < 1.29 is 17.2 Å². The van der Waals surface area contributed by atoms with E-state index in [-0.39, 0.29) is 18.8 Å². The molecule has 0 spiro atoms. The Bertz CT molecular complexity index is 457. The van der Waals surface area contributed by atoms with Crippen LogP contribution in [0.5, 0.6) is 0 Å². The molecule has 17 heavy (non-hydrogen) atoms. The van der Waals surface area contributed by atoms with Gasteiger partial charge in [0.15, 0.2) is 0 Å². The molecule has 4 nitrogen and oxygen atoms in total. The second kappa shape index (κ2) is 6.04. The molecule has 0 saturated carbocycles. The topological polar surface area (TPSA) is 58.2 Å². The van der Waals surface area contributed by atoms with Gasteiger partial charge in [-0.15, -0.1) is 0 Å². The SMILES string of the molecule is CNS(=O)(=O)CCNCc1cc(F)cc(F)c1. The number of rotatable bonds is 6. The van der Waals surface area contributed by atoms with Crippen molar-refractivity contribution in [3.05, 3.63) is 35.4 Å². The Balaban J connectivity index is 2.41. The van der Waals surface area contributed by atoms with E-state index < -0.39 is 21.7 Å². The first-order valence-electron chi connectivity index (χ1n) is 5.00. The highest BCUT2D eigenvalue weighted by molar-refractivity contribution is 7.89. The van der Waals surface area contributed by atoms with Gasteiger partial charge in [-0.2, -0.15) is 0 Å². The summed E-state index contributed by atoms with van der Waals surface area (Å²) in [4.78, 5) is 0. The van der Waals surface area contributed by atoms with Gasteiger partial charge < -0.3 is 5.32 Å². The van der Waals surface area contributed by atoms with Gasteiger partial charge in [0.25, 0.3) is 0 Å². The summed E-state index contributed by atoms with van der Waals surface area (Å²) in [6.07, 6.45) is 0. The van der Waals surface area contributed by atoms with Crippen molar-refractivity contribution in [2.24, 2.45) is 0 Å². The Morgan fingerprint density at radius 3 is 2.29 bits per heavy atom. The van der Waals surface area contributed by atoms with Crippen molar-refractivity contribution in [2.75, 3.05) is 19.3 Å². The van der Waals surface area contributed by atoms with Crippen molar-refractivity contribution >= 4 is 10.0 Å². The molecule has 0 saturated heterocycles. The molecule has 7 heteroatoms. The number of benzene rings is 1. The standard InChI is InChI=1S/C10H14F2N2O2S/c1-13-17(15,16)3-2-14-7-8-4-9(11)6-10(12)5-8/h4-6,13-14H,2-3,7H2,1H3. The zero-order valence-corrected chi connectivity index (χ0v) is 10.2. The van der Waals surface area contributed by atoms with Gasteiger partial charge in [0.05, 0.1) is 5.75 Å². The van der Waals surface area contributed by atoms with Crippen LogP contribution in [0.4, 0.5) is 8.78 Å². The van der Waals surface area contributed by atoms with Crippen LogP contribution in [0.25, 0.3) is 0 Å². The van der Waals surface area contributed by atoms with Crippen molar-refractivity contribution in [3.63, 3.8) is 0 Å². The van der Waals surface area contributed by atoms with Crippen LogP contribution in [-0.4, -0.2) is 27.8 Å². The largest absolute Gasteiger partial charge is 0.312 e. The molecule has 2 N–H and O–H groups in total. The summed E-state index contributed by atoms with van der Waals surface area (Å²) >= 11 is 0. The highest BCUT2D eigenvalue weighted by atomic mass is 32.2. The maximum Gasteiger partial charge on any atom is 0.212 e. The number of hydrogen-bond acceptors (Lipinski definition) is 3. The lowest BCUT2D eigenvalue weighted by Crippen LogP contribution is -2.29. The molecule has 0 aliphatic rings. The minimum absolute atomic E-state index is 0.0820. The molecule has 0 aromatic heterocycles. The molecule has 0 fully saturated rings. The third-order valence-corrected chi connectivity index (χ3v) is 3.47. The molecular weight excluding hydrogens is 250 g/mol. The average Bonchev–Trinajstić information content (AvgIpc) is 2.23. The zero-order valence-electron chi connectivity index (χ0n) is 9.33. The van der Waals surface area contributed by atoms with Gasteiger partial charge in [-0.25, -0.2) is 21.9 Å². The molecule has 1 aromatic carbocycles. The smallest absolute Gasteiger partial charge is 0.212 e. The highest BCUT2D eigenvalue weighted by Gasteiger charge is 2.06.